The molecular weight excluding hydrogens is 274 g/mol. The molecule has 1 aliphatic rings. The molecule has 1 aromatic carbocycles. The van der Waals surface area contributed by atoms with E-state index in [1.54, 1.807) is 6.07 Å². The summed E-state index contributed by atoms with van der Waals surface area (Å²) in [6.45, 7) is 2.23. The number of aromatic nitrogens is 2. The first-order chi connectivity index (χ1) is 9.83. The van der Waals surface area contributed by atoms with E-state index in [-0.39, 0.29) is 0 Å². The Morgan fingerprint density at radius 1 is 1.45 bits per heavy atom. The van der Waals surface area contributed by atoms with Crippen LogP contribution in [-0.2, 0) is 17.2 Å². The van der Waals surface area contributed by atoms with Gasteiger partial charge in [-0.1, -0.05) is 6.07 Å². The van der Waals surface area contributed by atoms with E-state index in [0.717, 1.165) is 35.9 Å². The fourth-order valence-electron chi connectivity index (χ4n) is 2.33. The van der Waals surface area contributed by atoms with Crippen molar-refractivity contribution in [1.82, 2.24) is 9.55 Å². The van der Waals surface area contributed by atoms with Gasteiger partial charge >= 0.3 is 0 Å². The van der Waals surface area contributed by atoms with Crippen molar-refractivity contribution in [2.45, 2.75) is 25.3 Å². The van der Waals surface area contributed by atoms with E-state index >= 15 is 0 Å². The van der Waals surface area contributed by atoms with E-state index in [0.29, 0.717) is 18.1 Å². The number of imidazole rings is 1. The smallest absolute Gasteiger partial charge is 0.124 e. The molecule has 1 aliphatic carbocycles. The summed E-state index contributed by atoms with van der Waals surface area (Å²) in [6.07, 6.45) is 2.60. The quantitative estimate of drug-likeness (QED) is 0.606. The summed E-state index contributed by atoms with van der Waals surface area (Å²) in [5, 5.41) is 9.13. The lowest BCUT2D eigenvalue weighted by Gasteiger charge is -2.08. The third-order valence-electron chi connectivity index (χ3n) is 3.61. The van der Waals surface area contributed by atoms with Gasteiger partial charge in [0.2, 0.25) is 0 Å². The number of fused-ring (bicyclic) bond motifs is 1. The molecule has 0 unspecified atom stereocenters. The van der Waals surface area contributed by atoms with E-state index in [4.69, 9.17) is 21.6 Å². The first-order valence-corrected chi connectivity index (χ1v) is 7.39. The van der Waals surface area contributed by atoms with Gasteiger partial charge in [0.25, 0.3) is 0 Å². The van der Waals surface area contributed by atoms with Gasteiger partial charge in [0, 0.05) is 13.2 Å². The molecule has 104 valence electrons. The van der Waals surface area contributed by atoms with Gasteiger partial charge in [0.15, 0.2) is 0 Å². The molecule has 1 fully saturated rings. The van der Waals surface area contributed by atoms with Crippen LogP contribution in [0.4, 0.5) is 0 Å². The van der Waals surface area contributed by atoms with Crippen LogP contribution in [0.25, 0.3) is 11.0 Å². The first kappa shape index (κ1) is 13.4. The van der Waals surface area contributed by atoms with Crippen LogP contribution in [0.2, 0.25) is 0 Å². The van der Waals surface area contributed by atoms with Crippen molar-refractivity contribution in [3.63, 3.8) is 0 Å². The second-order valence-corrected chi connectivity index (χ2v) is 5.38. The Labute approximate surface area is 122 Å². The van der Waals surface area contributed by atoms with Crippen molar-refractivity contribution in [2.75, 3.05) is 13.2 Å². The minimum absolute atomic E-state index is 0.335. The van der Waals surface area contributed by atoms with Crippen molar-refractivity contribution in [2.24, 2.45) is 5.92 Å². The fourth-order valence-corrected chi connectivity index (χ4v) is 2.53. The maximum Gasteiger partial charge on any atom is 0.124 e. The molecular formula is C15H16ClN3O. The highest BCUT2D eigenvalue weighted by Gasteiger charge is 2.21. The van der Waals surface area contributed by atoms with Crippen LogP contribution in [0.15, 0.2) is 18.2 Å². The number of ether oxygens (including phenoxy) is 1. The molecule has 0 N–H and O–H groups in total. The molecule has 0 radical (unpaired) electrons. The molecule has 0 aliphatic heterocycles. The summed E-state index contributed by atoms with van der Waals surface area (Å²) >= 11 is 5.97. The minimum atomic E-state index is 0.335. The average molecular weight is 290 g/mol. The molecule has 0 spiro atoms. The van der Waals surface area contributed by atoms with Crippen LogP contribution >= 0.6 is 11.6 Å². The van der Waals surface area contributed by atoms with E-state index in [9.17, 15) is 0 Å². The summed E-state index contributed by atoms with van der Waals surface area (Å²) in [5.41, 5.74) is 2.27. The molecule has 0 atom stereocenters. The normalized spacial score (nSPS) is 14.6. The maximum absolute atomic E-state index is 9.13. The van der Waals surface area contributed by atoms with Crippen LogP contribution in [0.1, 0.15) is 24.2 Å². The van der Waals surface area contributed by atoms with Crippen molar-refractivity contribution >= 4 is 22.6 Å². The number of hydrogen-bond acceptors (Lipinski definition) is 3. The molecule has 4 nitrogen and oxygen atoms in total. The number of nitriles is 1. The summed E-state index contributed by atoms with van der Waals surface area (Å²) in [6, 6.07) is 7.80. The standard InChI is InChI=1S/C15H16ClN3O/c16-8-14-18-15-12(9-17)2-1-3-13(15)19(14)6-7-20-10-11-4-5-11/h1-3,11H,4-8,10H2. The molecule has 1 aromatic heterocycles. The van der Waals surface area contributed by atoms with Crippen molar-refractivity contribution in [3.05, 3.63) is 29.6 Å². The van der Waals surface area contributed by atoms with E-state index in [1.807, 2.05) is 12.1 Å². The highest BCUT2D eigenvalue weighted by molar-refractivity contribution is 6.16. The monoisotopic (exact) mass is 289 g/mol. The third kappa shape index (κ3) is 2.65. The van der Waals surface area contributed by atoms with Crippen molar-refractivity contribution < 1.29 is 4.74 Å². The Bertz CT molecular complexity index is 655. The molecule has 0 bridgehead atoms. The summed E-state index contributed by atoms with van der Waals surface area (Å²) in [4.78, 5) is 4.48. The van der Waals surface area contributed by atoms with Crippen molar-refractivity contribution in [1.29, 1.82) is 5.26 Å². The Morgan fingerprint density at radius 2 is 2.30 bits per heavy atom. The Balaban J connectivity index is 1.82. The molecule has 0 amide bonds. The summed E-state index contributed by atoms with van der Waals surface area (Å²) in [7, 11) is 0. The van der Waals surface area contributed by atoms with Gasteiger partial charge in [-0.3, -0.25) is 0 Å². The topological polar surface area (TPSA) is 50.8 Å². The lowest BCUT2D eigenvalue weighted by Crippen LogP contribution is -2.09. The largest absolute Gasteiger partial charge is 0.379 e. The molecule has 1 heterocycles. The lowest BCUT2D eigenvalue weighted by molar-refractivity contribution is 0.117. The van der Waals surface area contributed by atoms with Crippen LogP contribution in [0.3, 0.4) is 0 Å². The zero-order chi connectivity index (χ0) is 13.9. The molecule has 1 saturated carbocycles. The Morgan fingerprint density at radius 3 is 3.00 bits per heavy atom. The summed E-state index contributed by atoms with van der Waals surface area (Å²) in [5.74, 6) is 1.90. The number of nitrogens with zero attached hydrogens (tertiary/aromatic N) is 3. The van der Waals surface area contributed by atoms with Crippen LogP contribution in [-0.4, -0.2) is 22.8 Å². The van der Waals surface area contributed by atoms with Gasteiger partial charge in [-0.25, -0.2) is 4.98 Å². The van der Waals surface area contributed by atoms with Gasteiger partial charge < -0.3 is 9.30 Å². The molecule has 20 heavy (non-hydrogen) atoms. The first-order valence-electron chi connectivity index (χ1n) is 6.85. The summed E-state index contributed by atoms with van der Waals surface area (Å²) < 4.78 is 7.73. The number of para-hydroxylation sites is 1. The molecule has 0 saturated heterocycles. The molecule has 2 aromatic rings. The van der Waals surface area contributed by atoms with Crippen LogP contribution in [0.5, 0.6) is 0 Å². The van der Waals surface area contributed by atoms with Gasteiger partial charge in [0.1, 0.15) is 17.4 Å². The van der Waals surface area contributed by atoms with Crippen LogP contribution < -0.4 is 0 Å². The van der Waals surface area contributed by atoms with Gasteiger partial charge in [-0.15, -0.1) is 11.6 Å². The average Bonchev–Trinajstić information content (AvgIpc) is 3.23. The zero-order valence-electron chi connectivity index (χ0n) is 11.2. The second-order valence-electron chi connectivity index (χ2n) is 5.12. The third-order valence-corrected chi connectivity index (χ3v) is 3.85. The number of halogens is 1. The Hall–Kier alpha value is -1.57. The Kier molecular flexibility index (Phi) is 3.90. The van der Waals surface area contributed by atoms with E-state index in [1.165, 1.54) is 12.8 Å². The van der Waals surface area contributed by atoms with E-state index < -0.39 is 0 Å². The molecule has 3 rings (SSSR count). The number of alkyl halides is 1. The van der Waals surface area contributed by atoms with Crippen LogP contribution in [0, 0.1) is 17.2 Å². The van der Waals surface area contributed by atoms with Crippen molar-refractivity contribution in [3.8, 4) is 6.07 Å². The fraction of sp³-hybridized carbons (Fsp3) is 0.467. The number of rotatable bonds is 6. The van der Waals surface area contributed by atoms with Gasteiger partial charge in [0.05, 0.1) is 23.6 Å². The predicted molar refractivity (Wildman–Crippen MR) is 77.5 cm³/mol. The minimum Gasteiger partial charge on any atom is -0.379 e. The van der Waals surface area contributed by atoms with Gasteiger partial charge in [-0.05, 0) is 30.9 Å². The maximum atomic E-state index is 9.13. The highest BCUT2D eigenvalue weighted by atomic mass is 35.5. The predicted octanol–water partition coefficient (Wildman–Crippen LogP) is 3.07. The SMILES string of the molecule is N#Cc1cccc2c1nc(CCl)n2CCOCC1CC1. The number of hydrogen-bond donors (Lipinski definition) is 0. The van der Waals surface area contributed by atoms with E-state index in [2.05, 4.69) is 15.6 Å². The van der Waals surface area contributed by atoms with Gasteiger partial charge in [-0.2, -0.15) is 5.26 Å². The molecule has 5 heteroatoms. The highest BCUT2D eigenvalue weighted by Crippen LogP contribution is 2.28. The lowest BCUT2D eigenvalue weighted by atomic mass is 10.2. The second kappa shape index (κ2) is 5.82. The zero-order valence-corrected chi connectivity index (χ0v) is 11.9. The number of benzene rings is 1.